The third kappa shape index (κ3) is 5.19. The number of hydrogen-bond acceptors (Lipinski definition) is 5. The number of hydrogen-bond donors (Lipinski definition) is 1. The summed E-state index contributed by atoms with van der Waals surface area (Å²) in [5, 5.41) is 12.3. The van der Waals surface area contributed by atoms with Crippen LogP contribution in [0, 0.1) is 6.92 Å². The Morgan fingerprint density at radius 3 is 2.68 bits per heavy atom. The van der Waals surface area contributed by atoms with Gasteiger partial charge in [-0.3, -0.25) is 4.79 Å². The molecule has 3 rings (SSSR count). The maximum Gasteiger partial charge on any atom is 0.234 e. The number of anilines is 1. The Labute approximate surface area is 177 Å². The van der Waals surface area contributed by atoms with Crippen molar-refractivity contribution in [3.63, 3.8) is 0 Å². The third-order valence-electron chi connectivity index (χ3n) is 3.87. The highest BCUT2D eigenvalue weighted by Gasteiger charge is 2.13. The van der Waals surface area contributed by atoms with Gasteiger partial charge in [-0.05, 0) is 31.2 Å². The second kappa shape index (κ2) is 9.32. The van der Waals surface area contributed by atoms with E-state index in [0.717, 1.165) is 5.75 Å². The van der Waals surface area contributed by atoms with Gasteiger partial charge < -0.3 is 14.6 Å². The van der Waals surface area contributed by atoms with Crippen LogP contribution >= 0.6 is 35.0 Å². The summed E-state index contributed by atoms with van der Waals surface area (Å²) in [5.41, 5.74) is 1.65. The number of thioether (sulfide) groups is 1. The molecule has 2 aromatic carbocycles. The lowest BCUT2D eigenvalue weighted by molar-refractivity contribution is -0.113. The molecule has 1 aromatic heterocycles. The average Bonchev–Trinajstić information content (AvgIpc) is 3.03. The fourth-order valence-electron chi connectivity index (χ4n) is 2.30. The fourth-order valence-corrected chi connectivity index (χ4v) is 3.37. The predicted molar refractivity (Wildman–Crippen MR) is 112 cm³/mol. The molecule has 1 amide bonds. The van der Waals surface area contributed by atoms with Crippen molar-refractivity contribution in [1.82, 2.24) is 14.8 Å². The number of ether oxygens (including phenoxy) is 1. The second-order valence-corrected chi connectivity index (χ2v) is 7.73. The molecule has 0 radical (unpaired) electrons. The highest BCUT2D eigenvalue weighted by Crippen LogP contribution is 2.29. The summed E-state index contributed by atoms with van der Waals surface area (Å²) in [6.45, 7) is 2.31. The average molecular weight is 437 g/mol. The molecule has 0 saturated carbocycles. The summed E-state index contributed by atoms with van der Waals surface area (Å²) in [6, 6.07) is 12.9. The third-order valence-corrected chi connectivity index (χ3v) is 5.71. The number of aromatic nitrogens is 3. The van der Waals surface area contributed by atoms with E-state index in [9.17, 15) is 4.79 Å². The molecule has 0 spiro atoms. The van der Waals surface area contributed by atoms with E-state index in [1.807, 2.05) is 38.2 Å². The first-order valence-electron chi connectivity index (χ1n) is 8.38. The van der Waals surface area contributed by atoms with E-state index in [1.165, 1.54) is 17.3 Å². The first-order valence-corrected chi connectivity index (χ1v) is 10.1. The van der Waals surface area contributed by atoms with Crippen molar-refractivity contribution in [2.24, 2.45) is 7.05 Å². The Bertz CT molecular complexity index is 977. The van der Waals surface area contributed by atoms with Gasteiger partial charge in [0.1, 0.15) is 12.4 Å². The van der Waals surface area contributed by atoms with Crippen molar-refractivity contribution in [2.45, 2.75) is 18.7 Å². The maximum absolute atomic E-state index is 12.2. The Balaban J connectivity index is 1.54. The Kier molecular flexibility index (Phi) is 6.83. The number of amides is 1. The number of halogens is 2. The quantitative estimate of drug-likeness (QED) is 0.541. The van der Waals surface area contributed by atoms with Crippen molar-refractivity contribution in [3.05, 3.63) is 63.9 Å². The molecule has 0 aliphatic heterocycles. The normalized spacial score (nSPS) is 10.7. The molecule has 0 aliphatic rings. The molecule has 28 heavy (non-hydrogen) atoms. The minimum absolute atomic E-state index is 0.160. The van der Waals surface area contributed by atoms with Gasteiger partial charge in [-0.15, -0.1) is 10.2 Å². The van der Waals surface area contributed by atoms with Crippen LogP contribution in [0.25, 0.3) is 0 Å². The van der Waals surface area contributed by atoms with Gasteiger partial charge in [-0.1, -0.05) is 58.7 Å². The van der Waals surface area contributed by atoms with Crippen LogP contribution in [-0.4, -0.2) is 26.4 Å². The van der Waals surface area contributed by atoms with Crippen molar-refractivity contribution in [1.29, 1.82) is 0 Å². The molecule has 1 N–H and O–H groups in total. The zero-order chi connectivity index (χ0) is 20.1. The molecule has 0 atom stereocenters. The van der Waals surface area contributed by atoms with Crippen LogP contribution in [0.4, 0.5) is 5.69 Å². The largest absolute Gasteiger partial charge is 0.486 e. The lowest BCUT2D eigenvalue weighted by atomic mass is 10.2. The van der Waals surface area contributed by atoms with Crippen LogP contribution in [-0.2, 0) is 18.4 Å². The van der Waals surface area contributed by atoms with Gasteiger partial charge in [0.15, 0.2) is 11.0 Å². The van der Waals surface area contributed by atoms with E-state index in [2.05, 4.69) is 15.5 Å². The summed E-state index contributed by atoms with van der Waals surface area (Å²) < 4.78 is 7.54. The number of nitrogens with zero attached hydrogens (tertiary/aromatic N) is 3. The monoisotopic (exact) mass is 436 g/mol. The first kappa shape index (κ1) is 20.5. The number of carbonyl (C=O) groups is 1. The molecule has 0 aliphatic carbocycles. The smallest absolute Gasteiger partial charge is 0.234 e. The summed E-state index contributed by atoms with van der Waals surface area (Å²) in [7, 11) is 1.84. The number of benzene rings is 2. The number of carbonyl (C=O) groups excluding carboxylic acids is 1. The van der Waals surface area contributed by atoms with E-state index in [1.54, 1.807) is 22.8 Å². The van der Waals surface area contributed by atoms with Crippen molar-refractivity contribution < 1.29 is 9.53 Å². The van der Waals surface area contributed by atoms with Crippen LogP contribution in [0.15, 0.2) is 47.6 Å². The van der Waals surface area contributed by atoms with Gasteiger partial charge in [0.05, 0.1) is 21.5 Å². The molecular weight excluding hydrogens is 419 g/mol. The lowest BCUT2D eigenvalue weighted by Crippen LogP contribution is -2.15. The zero-order valence-electron chi connectivity index (χ0n) is 15.3. The van der Waals surface area contributed by atoms with Gasteiger partial charge in [0.2, 0.25) is 5.91 Å². The molecule has 0 saturated heterocycles. The fraction of sp³-hybridized carbons (Fsp3) is 0.211. The predicted octanol–water partition coefficient (Wildman–Crippen LogP) is 4.74. The van der Waals surface area contributed by atoms with Gasteiger partial charge in [0, 0.05) is 7.05 Å². The minimum Gasteiger partial charge on any atom is -0.486 e. The molecule has 0 fully saturated rings. The van der Waals surface area contributed by atoms with E-state index < -0.39 is 0 Å². The van der Waals surface area contributed by atoms with Gasteiger partial charge in [-0.25, -0.2) is 0 Å². The van der Waals surface area contributed by atoms with Gasteiger partial charge in [0.25, 0.3) is 0 Å². The van der Waals surface area contributed by atoms with Crippen molar-refractivity contribution >= 4 is 46.6 Å². The molecule has 146 valence electrons. The van der Waals surface area contributed by atoms with Crippen LogP contribution in [0.5, 0.6) is 5.75 Å². The van der Waals surface area contributed by atoms with E-state index in [4.69, 9.17) is 27.9 Å². The lowest BCUT2D eigenvalue weighted by Gasteiger charge is -2.08. The minimum atomic E-state index is -0.213. The van der Waals surface area contributed by atoms with Crippen molar-refractivity contribution in [3.8, 4) is 5.75 Å². The van der Waals surface area contributed by atoms with E-state index in [0.29, 0.717) is 26.7 Å². The van der Waals surface area contributed by atoms with E-state index >= 15 is 0 Å². The SMILES string of the molecule is Cc1ccc(OCc2nnc(SCC(=O)Nc3cccc(Cl)c3Cl)n2C)cc1. The molecule has 1 heterocycles. The van der Waals surface area contributed by atoms with Gasteiger partial charge >= 0.3 is 0 Å². The summed E-state index contributed by atoms with van der Waals surface area (Å²) >= 11 is 13.3. The number of aryl methyl sites for hydroxylation is 1. The maximum atomic E-state index is 12.2. The molecule has 0 unspecified atom stereocenters. The summed E-state index contributed by atoms with van der Waals surface area (Å²) in [4.78, 5) is 12.2. The Morgan fingerprint density at radius 2 is 1.93 bits per heavy atom. The van der Waals surface area contributed by atoms with Gasteiger partial charge in [-0.2, -0.15) is 0 Å². The topological polar surface area (TPSA) is 69.0 Å². The number of nitrogens with one attached hydrogen (secondary N) is 1. The van der Waals surface area contributed by atoms with E-state index in [-0.39, 0.29) is 18.3 Å². The highest BCUT2D eigenvalue weighted by molar-refractivity contribution is 7.99. The summed E-state index contributed by atoms with van der Waals surface area (Å²) in [6.07, 6.45) is 0. The molecule has 3 aromatic rings. The van der Waals surface area contributed by atoms with Crippen LogP contribution < -0.4 is 10.1 Å². The van der Waals surface area contributed by atoms with Crippen molar-refractivity contribution in [2.75, 3.05) is 11.1 Å². The second-order valence-electron chi connectivity index (χ2n) is 6.00. The standard InChI is InChI=1S/C19H18Cl2N4O2S/c1-12-6-8-13(9-7-12)27-10-16-23-24-19(25(16)2)28-11-17(26)22-15-5-3-4-14(20)18(15)21/h3-9H,10-11H2,1-2H3,(H,22,26). The Hall–Kier alpha value is -2.22. The Morgan fingerprint density at radius 1 is 1.18 bits per heavy atom. The molecular formula is C19H18Cl2N4O2S. The number of rotatable bonds is 7. The molecule has 0 bridgehead atoms. The highest BCUT2D eigenvalue weighted by atomic mass is 35.5. The van der Waals surface area contributed by atoms with Crippen LogP contribution in [0.2, 0.25) is 10.0 Å². The first-order chi connectivity index (χ1) is 13.4. The van der Waals surface area contributed by atoms with Crippen LogP contribution in [0.1, 0.15) is 11.4 Å². The van der Waals surface area contributed by atoms with Crippen LogP contribution in [0.3, 0.4) is 0 Å². The zero-order valence-corrected chi connectivity index (χ0v) is 17.6. The molecule has 9 heteroatoms. The molecule has 6 nitrogen and oxygen atoms in total. The summed E-state index contributed by atoms with van der Waals surface area (Å²) in [5.74, 6) is 1.38.